The summed E-state index contributed by atoms with van der Waals surface area (Å²) in [4.78, 5) is 5.01. The Labute approximate surface area is 127 Å². The molecule has 21 heavy (non-hydrogen) atoms. The molecule has 1 aliphatic heterocycles. The number of fused-ring (bicyclic) bond motifs is 1. The molecule has 1 atom stereocenters. The minimum absolute atomic E-state index is 0.264. The molecule has 0 radical (unpaired) electrons. The van der Waals surface area contributed by atoms with Gasteiger partial charge in [-0.3, -0.25) is 0 Å². The summed E-state index contributed by atoms with van der Waals surface area (Å²) in [6, 6.07) is 6.98. The van der Waals surface area contributed by atoms with Crippen LogP contribution in [0.1, 0.15) is 57.5 Å². The van der Waals surface area contributed by atoms with Gasteiger partial charge in [-0.15, -0.1) is 0 Å². The van der Waals surface area contributed by atoms with E-state index in [1.54, 1.807) is 0 Å². The van der Waals surface area contributed by atoms with Crippen LogP contribution in [-0.2, 0) is 6.54 Å². The van der Waals surface area contributed by atoms with Gasteiger partial charge in [0.15, 0.2) is 0 Å². The largest absolute Gasteiger partial charge is 0.327 e. The quantitative estimate of drug-likeness (QED) is 0.915. The van der Waals surface area contributed by atoms with Crippen LogP contribution in [0.3, 0.4) is 0 Å². The van der Waals surface area contributed by atoms with Gasteiger partial charge in [-0.05, 0) is 55.8 Å². The van der Waals surface area contributed by atoms with E-state index in [0.717, 1.165) is 25.0 Å². The average molecular weight is 285 g/mol. The van der Waals surface area contributed by atoms with Crippen LogP contribution in [-0.4, -0.2) is 16.1 Å². The lowest BCUT2D eigenvalue weighted by molar-refractivity contribution is 0.171. The highest BCUT2D eigenvalue weighted by Crippen LogP contribution is 2.40. The van der Waals surface area contributed by atoms with Gasteiger partial charge in [0.25, 0.3) is 0 Å². The van der Waals surface area contributed by atoms with Crippen molar-refractivity contribution in [2.24, 2.45) is 5.41 Å². The number of rotatable bonds is 3. The van der Waals surface area contributed by atoms with E-state index in [-0.39, 0.29) is 5.41 Å². The fourth-order valence-electron chi connectivity index (χ4n) is 3.59. The summed E-state index contributed by atoms with van der Waals surface area (Å²) in [5, 5.41) is 3.72. The van der Waals surface area contributed by atoms with E-state index in [9.17, 15) is 0 Å². The molecule has 2 heterocycles. The summed E-state index contributed by atoms with van der Waals surface area (Å²) in [6.45, 7) is 11.3. The van der Waals surface area contributed by atoms with Crippen molar-refractivity contribution >= 4 is 11.0 Å². The molecule has 0 saturated carbocycles. The van der Waals surface area contributed by atoms with E-state index in [1.165, 1.54) is 29.7 Å². The van der Waals surface area contributed by atoms with Gasteiger partial charge >= 0.3 is 0 Å². The molecule has 0 amide bonds. The number of benzene rings is 1. The maximum Gasteiger partial charge on any atom is 0.127 e. The van der Waals surface area contributed by atoms with Crippen molar-refractivity contribution in [3.8, 4) is 0 Å². The standard InChI is InChI=1S/C18H27N3/c1-5-11-21-15-8-7-13(2)12-14(15)20-17(21)16-18(3,4)9-6-10-19-16/h7-8,12,16,19H,5-6,9-11H2,1-4H3. The Hall–Kier alpha value is -1.35. The number of aromatic nitrogens is 2. The Kier molecular flexibility index (Phi) is 3.78. The Morgan fingerprint density at radius 2 is 2.19 bits per heavy atom. The number of hydrogen-bond donors (Lipinski definition) is 1. The van der Waals surface area contributed by atoms with Crippen LogP contribution in [0.25, 0.3) is 11.0 Å². The third kappa shape index (κ3) is 2.59. The van der Waals surface area contributed by atoms with Gasteiger partial charge in [0.2, 0.25) is 0 Å². The lowest BCUT2D eigenvalue weighted by Gasteiger charge is -2.39. The molecular weight excluding hydrogens is 258 g/mol. The minimum atomic E-state index is 0.264. The van der Waals surface area contributed by atoms with E-state index < -0.39 is 0 Å². The predicted molar refractivity (Wildman–Crippen MR) is 88.5 cm³/mol. The van der Waals surface area contributed by atoms with Crippen molar-refractivity contribution in [3.05, 3.63) is 29.6 Å². The van der Waals surface area contributed by atoms with Gasteiger partial charge in [-0.1, -0.05) is 26.8 Å². The van der Waals surface area contributed by atoms with Crippen molar-refractivity contribution in [2.75, 3.05) is 6.54 Å². The van der Waals surface area contributed by atoms with Gasteiger partial charge in [0.1, 0.15) is 5.82 Å². The lowest BCUT2D eigenvalue weighted by atomic mass is 9.77. The van der Waals surface area contributed by atoms with Gasteiger partial charge in [-0.25, -0.2) is 4.98 Å². The van der Waals surface area contributed by atoms with Crippen LogP contribution in [0.5, 0.6) is 0 Å². The van der Waals surface area contributed by atoms with Crippen molar-refractivity contribution < 1.29 is 0 Å². The third-order valence-electron chi connectivity index (χ3n) is 4.77. The number of imidazole rings is 1. The summed E-state index contributed by atoms with van der Waals surface area (Å²) in [5.74, 6) is 1.22. The van der Waals surface area contributed by atoms with Crippen LogP contribution >= 0.6 is 0 Å². The maximum atomic E-state index is 5.01. The molecule has 114 valence electrons. The molecule has 1 unspecified atom stereocenters. The average Bonchev–Trinajstić information content (AvgIpc) is 2.76. The number of aryl methyl sites for hydroxylation is 2. The zero-order valence-electron chi connectivity index (χ0n) is 13.7. The van der Waals surface area contributed by atoms with E-state index in [4.69, 9.17) is 4.98 Å². The number of nitrogens with one attached hydrogen (secondary N) is 1. The molecule has 0 aliphatic carbocycles. The monoisotopic (exact) mass is 285 g/mol. The molecule has 1 fully saturated rings. The smallest absolute Gasteiger partial charge is 0.127 e. The summed E-state index contributed by atoms with van der Waals surface area (Å²) >= 11 is 0. The highest BCUT2D eigenvalue weighted by Gasteiger charge is 2.36. The predicted octanol–water partition coefficient (Wildman–Crippen LogP) is 4.21. The normalized spacial score (nSPS) is 21.8. The third-order valence-corrected chi connectivity index (χ3v) is 4.77. The summed E-state index contributed by atoms with van der Waals surface area (Å²) < 4.78 is 2.43. The zero-order chi connectivity index (χ0) is 15.0. The Morgan fingerprint density at radius 1 is 1.38 bits per heavy atom. The molecule has 3 heteroatoms. The lowest BCUT2D eigenvalue weighted by Crippen LogP contribution is -2.41. The fourth-order valence-corrected chi connectivity index (χ4v) is 3.59. The molecule has 3 nitrogen and oxygen atoms in total. The highest BCUT2D eigenvalue weighted by molar-refractivity contribution is 5.77. The van der Waals surface area contributed by atoms with Crippen LogP contribution < -0.4 is 5.32 Å². The second kappa shape index (κ2) is 5.45. The summed E-state index contributed by atoms with van der Waals surface area (Å²) in [5.41, 5.74) is 3.97. The number of piperidine rings is 1. The number of nitrogens with zero attached hydrogens (tertiary/aromatic N) is 2. The summed E-state index contributed by atoms with van der Waals surface area (Å²) in [7, 11) is 0. The minimum Gasteiger partial charge on any atom is -0.327 e. The highest BCUT2D eigenvalue weighted by atomic mass is 15.1. The molecule has 1 aliphatic rings. The SMILES string of the molecule is CCCn1c(C2NCCCC2(C)C)nc2cc(C)ccc21. The molecule has 1 aromatic heterocycles. The zero-order valence-corrected chi connectivity index (χ0v) is 13.7. The van der Waals surface area contributed by atoms with Crippen molar-refractivity contribution in [1.29, 1.82) is 0 Å². The first kappa shape index (κ1) is 14.6. The molecular formula is C18H27N3. The van der Waals surface area contributed by atoms with E-state index in [2.05, 4.69) is 55.8 Å². The van der Waals surface area contributed by atoms with Crippen molar-refractivity contribution in [3.63, 3.8) is 0 Å². The first-order valence-electron chi connectivity index (χ1n) is 8.23. The van der Waals surface area contributed by atoms with E-state index >= 15 is 0 Å². The molecule has 3 rings (SSSR count). The first-order valence-corrected chi connectivity index (χ1v) is 8.23. The molecule has 1 aromatic carbocycles. The maximum absolute atomic E-state index is 5.01. The van der Waals surface area contributed by atoms with Crippen molar-refractivity contribution in [2.45, 2.75) is 59.5 Å². The van der Waals surface area contributed by atoms with Gasteiger partial charge in [0, 0.05) is 6.54 Å². The van der Waals surface area contributed by atoms with Gasteiger partial charge < -0.3 is 9.88 Å². The topological polar surface area (TPSA) is 29.9 Å². The van der Waals surface area contributed by atoms with Crippen LogP contribution in [0.4, 0.5) is 0 Å². The molecule has 0 bridgehead atoms. The van der Waals surface area contributed by atoms with Crippen LogP contribution in [0.15, 0.2) is 18.2 Å². The van der Waals surface area contributed by atoms with Crippen molar-refractivity contribution in [1.82, 2.24) is 14.9 Å². The fraction of sp³-hybridized carbons (Fsp3) is 0.611. The second-order valence-electron chi connectivity index (χ2n) is 7.09. The second-order valence-corrected chi connectivity index (χ2v) is 7.09. The molecule has 1 saturated heterocycles. The van der Waals surface area contributed by atoms with E-state index in [0.29, 0.717) is 6.04 Å². The first-order chi connectivity index (χ1) is 10.0. The van der Waals surface area contributed by atoms with E-state index in [1.807, 2.05) is 0 Å². The summed E-state index contributed by atoms with van der Waals surface area (Å²) in [6.07, 6.45) is 3.66. The molecule has 0 spiro atoms. The van der Waals surface area contributed by atoms with Crippen LogP contribution in [0, 0.1) is 12.3 Å². The Bertz CT molecular complexity index is 639. The van der Waals surface area contributed by atoms with Crippen LogP contribution in [0.2, 0.25) is 0 Å². The Morgan fingerprint density at radius 3 is 2.90 bits per heavy atom. The van der Waals surface area contributed by atoms with Gasteiger partial charge in [-0.2, -0.15) is 0 Å². The van der Waals surface area contributed by atoms with Gasteiger partial charge in [0.05, 0.1) is 17.1 Å². The number of hydrogen-bond acceptors (Lipinski definition) is 2. The molecule has 2 aromatic rings. The Balaban J connectivity index is 2.14. The molecule has 1 N–H and O–H groups in total.